The number of benzene rings is 2. The third-order valence-corrected chi connectivity index (χ3v) is 6.70. The molecule has 0 spiro atoms. The van der Waals surface area contributed by atoms with Gasteiger partial charge in [-0.3, -0.25) is 14.4 Å². The minimum Gasteiger partial charge on any atom is -0.490 e. The van der Waals surface area contributed by atoms with E-state index in [1.807, 2.05) is 42.1 Å². The first-order valence-electron chi connectivity index (χ1n) is 13.6. The van der Waals surface area contributed by atoms with Gasteiger partial charge in [-0.1, -0.05) is 42.5 Å². The van der Waals surface area contributed by atoms with Gasteiger partial charge in [0.05, 0.1) is 13.2 Å². The summed E-state index contributed by atoms with van der Waals surface area (Å²) in [4.78, 5) is 17.7. The van der Waals surface area contributed by atoms with Gasteiger partial charge in [0.15, 0.2) is 11.5 Å². The molecule has 0 bridgehead atoms. The quantitative estimate of drug-likeness (QED) is 0.424. The van der Waals surface area contributed by atoms with Crippen molar-refractivity contribution in [2.24, 2.45) is 0 Å². The lowest BCUT2D eigenvalue weighted by Crippen LogP contribution is -2.39. The fraction of sp³-hybridized carbons (Fsp3) is 0.467. The standard InChI is InChI=1S/C30H40N4O3/c1-2-36-28-15-9-14-27-25-32(24-26-12-5-3-6-13-26)21-22-33(18-7-4-8-23-37-30(27)28)29(35)16-10-19-34-20-11-17-31-34/h3,5-6,9,11-15,17,20H,2,4,7-8,10,16,18-19,21-25H2,1H3. The summed E-state index contributed by atoms with van der Waals surface area (Å²) < 4.78 is 14.1. The van der Waals surface area contributed by atoms with Gasteiger partial charge in [-0.05, 0) is 50.3 Å². The van der Waals surface area contributed by atoms with Crippen LogP contribution in [0.25, 0.3) is 0 Å². The smallest absolute Gasteiger partial charge is 0.222 e. The minimum absolute atomic E-state index is 0.233. The summed E-state index contributed by atoms with van der Waals surface area (Å²) in [5.74, 6) is 1.90. The highest BCUT2D eigenvalue weighted by Gasteiger charge is 2.19. The molecule has 37 heavy (non-hydrogen) atoms. The van der Waals surface area contributed by atoms with E-state index in [0.29, 0.717) is 19.6 Å². The Morgan fingerprint density at radius 2 is 1.89 bits per heavy atom. The second-order valence-corrected chi connectivity index (χ2v) is 9.54. The van der Waals surface area contributed by atoms with Gasteiger partial charge in [0.2, 0.25) is 5.91 Å². The molecule has 1 amide bonds. The Bertz CT molecular complexity index is 1070. The van der Waals surface area contributed by atoms with E-state index in [4.69, 9.17) is 9.47 Å². The molecule has 0 N–H and O–H groups in total. The van der Waals surface area contributed by atoms with E-state index < -0.39 is 0 Å². The third-order valence-electron chi connectivity index (χ3n) is 6.70. The molecule has 0 radical (unpaired) electrons. The summed E-state index contributed by atoms with van der Waals surface area (Å²) in [6.45, 7) is 7.85. The fourth-order valence-electron chi connectivity index (χ4n) is 4.78. The number of aryl methyl sites for hydroxylation is 1. The third kappa shape index (κ3) is 8.35. The Balaban J connectivity index is 1.49. The second-order valence-electron chi connectivity index (χ2n) is 9.54. The van der Waals surface area contributed by atoms with Gasteiger partial charge in [0, 0.05) is 63.6 Å². The molecule has 1 aliphatic rings. The molecular formula is C30H40N4O3. The number of hydrogen-bond donors (Lipinski definition) is 0. The van der Waals surface area contributed by atoms with Crippen LogP contribution in [0.5, 0.6) is 11.5 Å². The van der Waals surface area contributed by atoms with Crippen molar-refractivity contribution in [3.8, 4) is 11.5 Å². The number of para-hydroxylation sites is 1. The molecule has 0 aliphatic carbocycles. The lowest BCUT2D eigenvalue weighted by molar-refractivity contribution is -0.131. The molecule has 3 aromatic rings. The number of hydrogen-bond acceptors (Lipinski definition) is 5. The maximum atomic E-state index is 13.2. The van der Waals surface area contributed by atoms with E-state index in [-0.39, 0.29) is 5.91 Å². The highest BCUT2D eigenvalue weighted by molar-refractivity contribution is 5.76. The molecule has 0 atom stereocenters. The van der Waals surface area contributed by atoms with Gasteiger partial charge >= 0.3 is 0 Å². The van der Waals surface area contributed by atoms with Gasteiger partial charge < -0.3 is 14.4 Å². The molecular weight excluding hydrogens is 464 g/mol. The summed E-state index contributed by atoms with van der Waals surface area (Å²) >= 11 is 0. The molecule has 1 aliphatic heterocycles. The lowest BCUT2D eigenvalue weighted by atomic mass is 10.1. The van der Waals surface area contributed by atoms with Crippen LogP contribution in [0.4, 0.5) is 0 Å². The van der Waals surface area contributed by atoms with Crippen LogP contribution in [0.2, 0.25) is 0 Å². The molecule has 2 heterocycles. The zero-order valence-corrected chi connectivity index (χ0v) is 22.1. The molecule has 0 fully saturated rings. The van der Waals surface area contributed by atoms with Crippen LogP contribution in [0.1, 0.15) is 50.2 Å². The topological polar surface area (TPSA) is 59.8 Å². The summed E-state index contributed by atoms with van der Waals surface area (Å²) in [6, 6.07) is 18.6. The molecule has 1 aromatic heterocycles. The predicted octanol–water partition coefficient (Wildman–Crippen LogP) is 5.16. The Morgan fingerprint density at radius 1 is 1.00 bits per heavy atom. The number of nitrogens with zero attached hydrogens (tertiary/aromatic N) is 4. The van der Waals surface area contributed by atoms with Crippen molar-refractivity contribution in [1.82, 2.24) is 19.6 Å². The van der Waals surface area contributed by atoms with Crippen molar-refractivity contribution in [3.05, 3.63) is 78.1 Å². The first kappa shape index (κ1) is 26.7. The van der Waals surface area contributed by atoms with Gasteiger partial charge in [0.1, 0.15) is 0 Å². The van der Waals surface area contributed by atoms with E-state index in [1.54, 1.807) is 6.20 Å². The van der Waals surface area contributed by atoms with Crippen LogP contribution >= 0.6 is 0 Å². The number of rotatable bonds is 8. The molecule has 0 unspecified atom stereocenters. The fourth-order valence-corrected chi connectivity index (χ4v) is 4.78. The molecule has 2 aromatic carbocycles. The largest absolute Gasteiger partial charge is 0.490 e. The summed E-state index contributed by atoms with van der Waals surface area (Å²) in [6.07, 6.45) is 8.02. The van der Waals surface area contributed by atoms with Crippen molar-refractivity contribution < 1.29 is 14.3 Å². The molecule has 0 saturated carbocycles. The zero-order valence-electron chi connectivity index (χ0n) is 22.1. The Labute approximate surface area is 221 Å². The van der Waals surface area contributed by atoms with Crippen molar-refractivity contribution in [2.75, 3.05) is 32.8 Å². The maximum Gasteiger partial charge on any atom is 0.222 e. The highest BCUT2D eigenvalue weighted by atomic mass is 16.5. The van der Waals surface area contributed by atoms with E-state index in [9.17, 15) is 4.79 Å². The second kappa shape index (κ2) is 14.4. The average molecular weight is 505 g/mol. The Hall–Kier alpha value is -3.32. The monoisotopic (exact) mass is 504 g/mol. The zero-order chi connectivity index (χ0) is 25.7. The Kier molecular flexibility index (Phi) is 10.4. The van der Waals surface area contributed by atoms with Gasteiger partial charge in [0.25, 0.3) is 0 Å². The molecule has 7 nitrogen and oxygen atoms in total. The number of fused-ring (bicyclic) bond motifs is 1. The van der Waals surface area contributed by atoms with Crippen molar-refractivity contribution in [1.29, 1.82) is 0 Å². The van der Waals surface area contributed by atoms with Gasteiger partial charge in [-0.2, -0.15) is 5.10 Å². The van der Waals surface area contributed by atoms with Crippen LogP contribution in [0.15, 0.2) is 67.0 Å². The molecule has 4 rings (SSSR count). The highest BCUT2D eigenvalue weighted by Crippen LogP contribution is 2.33. The first-order valence-corrected chi connectivity index (χ1v) is 13.6. The van der Waals surface area contributed by atoms with Crippen LogP contribution in [-0.4, -0.2) is 58.3 Å². The van der Waals surface area contributed by atoms with Crippen LogP contribution < -0.4 is 9.47 Å². The van der Waals surface area contributed by atoms with Crippen LogP contribution in [-0.2, 0) is 24.4 Å². The number of ether oxygens (including phenoxy) is 2. The number of carbonyl (C=O) groups is 1. The molecule has 0 saturated heterocycles. The maximum absolute atomic E-state index is 13.2. The average Bonchev–Trinajstić information content (AvgIpc) is 3.43. The van der Waals surface area contributed by atoms with E-state index in [1.165, 1.54) is 5.56 Å². The summed E-state index contributed by atoms with van der Waals surface area (Å²) in [7, 11) is 0. The van der Waals surface area contributed by atoms with Crippen molar-refractivity contribution >= 4 is 5.91 Å². The first-order chi connectivity index (χ1) is 18.2. The van der Waals surface area contributed by atoms with Crippen molar-refractivity contribution in [3.63, 3.8) is 0 Å². The van der Waals surface area contributed by atoms with E-state index in [0.717, 1.165) is 82.0 Å². The van der Waals surface area contributed by atoms with Gasteiger partial charge in [-0.15, -0.1) is 0 Å². The van der Waals surface area contributed by atoms with E-state index in [2.05, 4.69) is 45.2 Å². The number of amides is 1. The summed E-state index contributed by atoms with van der Waals surface area (Å²) in [5, 5.41) is 4.25. The Morgan fingerprint density at radius 3 is 2.70 bits per heavy atom. The number of aromatic nitrogens is 2. The summed E-state index contributed by atoms with van der Waals surface area (Å²) in [5.41, 5.74) is 2.38. The molecule has 7 heteroatoms. The van der Waals surface area contributed by atoms with E-state index >= 15 is 0 Å². The van der Waals surface area contributed by atoms with Crippen LogP contribution in [0.3, 0.4) is 0 Å². The molecule has 198 valence electrons. The van der Waals surface area contributed by atoms with Crippen LogP contribution in [0, 0.1) is 0 Å². The SMILES string of the molecule is CCOc1cccc2c1OCCCCCN(C(=O)CCCn1cccn1)CCN(Cc1ccccc1)C2. The minimum atomic E-state index is 0.233. The van der Waals surface area contributed by atoms with Gasteiger partial charge in [-0.25, -0.2) is 0 Å². The lowest BCUT2D eigenvalue weighted by Gasteiger charge is -2.28. The normalized spacial score (nSPS) is 15.5. The predicted molar refractivity (Wildman–Crippen MR) is 146 cm³/mol. The number of carbonyl (C=O) groups excluding carboxylic acids is 1. The van der Waals surface area contributed by atoms with Crippen molar-refractivity contribution in [2.45, 2.75) is 58.7 Å².